The molecule has 2 unspecified atom stereocenters. The highest BCUT2D eigenvalue weighted by Gasteiger charge is 2.39. The summed E-state index contributed by atoms with van der Waals surface area (Å²) in [5.41, 5.74) is 1.15. The lowest BCUT2D eigenvalue weighted by Gasteiger charge is -2.26. The Bertz CT molecular complexity index is 696. The Labute approximate surface area is 120 Å². The Balaban J connectivity index is 1.89. The molecule has 0 aliphatic carbocycles. The van der Waals surface area contributed by atoms with E-state index in [-0.39, 0.29) is 19.1 Å². The van der Waals surface area contributed by atoms with Gasteiger partial charge in [-0.05, 0) is 12.1 Å². The van der Waals surface area contributed by atoms with Gasteiger partial charge in [0, 0.05) is 13.2 Å². The van der Waals surface area contributed by atoms with Gasteiger partial charge >= 0.3 is 5.97 Å². The lowest BCUT2D eigenvalue weighted by molar-refractivity contribution is -0.142. The number of rotatable bonds is 3. The Morgan fingerprint density at radius 3 is 3.00 bits per heavy atom. The molecule has 0 radical (unpaired) electrons. The van der Waals surface area contributed by atoms with Crippen molar-refractivity contribution in [2.45, 2.75) is 6.04 Å². The zero-order chi connectivity index (χ0) is 15.0. The van der Waals surface area contributed by atoms with Crippen LogP contribution in [0.15, 0.2) is 30.6 Å². The number of pyridine rings is 1. The number of carbonyl (C=O) groups is 2. The molecule has 1 amide bonds. The summed E-state index contributed by atoms with van der Waals surface area (Å²) in [5, 5.41) is 13.3. The van der Waals surface area contributed by atoms with E-state index in [4.69, 9.17) is 4.74 Å². The van der Waals surface area contributed by atoms with E-state index < -0.39 is 17.9 Å². The number of nitrogens with zero attached hydrogens (tertiary/aromatic N) is 3. The Hall–Kier alpha value is -2.41. The highest BCUT2D eigenvalue weighted by molar-refractivity contribution is 6.00. The fraction of sp³-hybridized carbons (Fsp3) is 0.357. The van der Waals surface area contributed by atoms with Crippen LogP contribution in [-0.4, -0.2) is 57.8 Å². The first-order valence-electron chi connectivity index (χ1n) is 6.59. The fourth-order valence-electron chi connectivity index (χ4n) is 2.60. The molecule has 21 heavy (non-hydrogen) atoms. The molecule has 1 N–H and O–H groups in total. The smallest absolute Gasteiger partial charge is 0.311 e. The first kappa shape index (κ1) is 13.6. The molecule has 3 rings (SSSR count). The molecule has 0 spiro atoms. The van der Waals surface area contributed by atoms with Gasteiger partial charge in [0.1, 0.15) is 5.92 Å². The van der Waals surface area contributed by atoms with Crippen molar-refractivity contribution in [2.75, 3.05) is 20.3 Å². The van der Waals surface area contributed by atoms with E-state index in [1.807, 2.05) is 12.1 Å². The summed E-state index contributed by atoms with van der Waals surface area (Å²) in [5.74, 6) is -1.89. The molecule has 7 heteroatoms. The molecule has 1 fully saturated rings. The van der Waals surface area contributed by atoms with Gasteiger partial charge in [-0.1, -0.05) is 6.07 Å². The van der Waals surface area contributed by atoms with Crippen LogP contribution in [0, 0.1) is 5.92 Å². The molecule has 2 atom stereocenters. The highest BCUT2D eigenvalue weighted by Crippen LogP contribution is 2.22. The van der Waals surface area contributed by atoms with E-state index in [0.29, 0.717) is 11.1 Å². The van der Waals surface area contributed by atoms with Gasteiger partial charge in [0.25, 0.3) is 5.91 Å². The lowest BCUT2D eigenvalue weighted by atomic mass is 10.0. The van der Waals surface area contributed by atoms with Crippen molar-refractivity contribution < 1.29 is 19.4 Å². The first-order chi connectivity index (χ1) is 10.1. The molecule has 2 aromatic heterocycles. The number of likely N-dealkylation sites (N-methyl/N-ethyl adjacent to an activating group) is 1. The molecule has 1 aliphatic heterocycles. The summed E-state index contributed by atoms with van der Waals surface area (Å²) >= 11 is 0. The zero-order valence-electron chi connectivity index (χ0n) is 11.5. The molecule has 110 valence electrons. The van der Waals surface area contributed by atoms with Crippen LogP contribution in [0.3, 0.4) is 0 Å². The van der Waals surface area contributed by atoms with Crippen LogP contribution < -0.4 is 0 Å². The summed E-state index contributed by atoms with van der Waals surface area (Å²) in [6.07, 6.45) is 3.25. The number of amides is 1. The molecule has 0 bridgehead atoms. The maximum Gasteiger partial charge on any atom is 0.311 e. The normalized spacial score (nSPS) is 21.6. The van der Waals surface area contributed by atoms with E-state index in [2.05, 4.69) is 5.10 Å². The van der Waals surface area contributed by atoms with Crippen LogP contribution in [0.4, 0.5) is 0 Å². The second-order valence-electron chi connectivity index (χ2n) is 5.05. The second-order valence-corrected chi connectivity index (χ2v) is 5.05. The van der Waals surface area contributed by atoms with E-state index in [1.165, 1.54) is 11.1 Å². The lowest BCUT2D eigenvalue weighted by Crippen LogP contribution is -2.44. The van der Waals surface area contributed by atoms with Crippen LogP contribution in [0.5, 0.6) is 0 Å². The predicted octanol–water partition coefficient (Wildman–Crippen LogP) is 0.506. The van der Waals surface area contributed by atoms with Gasteiger partial charge in [-0.15, -0.1) is 0 Å². The number of ether oxygens (including phenoxy) is 1. The zero-order valence-corrected chi connectivity index (χ0v) is 11.5. The van der Waals surface area contributed by atoms with Gasteiger partial charge in [-0.3, -0.25) is 9.59 Å². The van der Waals surface area contributed by atoms with E-state index in [1.54, 1.807) is 23.8 Å². The SMILES string of the molecule is CN(C(=O)c1cnn2ccccc12)C1COCC1C(=O)O. The van der Waals surface area contributed by atoms with Gasteiger partial charge in [0.2, 0.25) is 0 Å². The largest absolute Gasteiger partial charge is 0.481 e. The van der Waals surface area contributed by atoms with Crippen molar-refractivity contribution in [2.24, 2.45) is 5.92 Å². The van der Waals surface area contributed by atoms with Crippen molar-refractivity contribution in [3.63, 3.8) is 0 Å². The number of carboxylic acids is 1. The third kappa shape index (κ3) is 2.25. The third-order valence-electron chi connectivity index (χ3n) is 3.84. The van der Waals surface area contributed by atoms with Crippen molar-refractivity contribution in [3.05, 3.63) is 36.2 Å². The minimum atomic E-state index is -0.947. The Kier molecular flexibility index (Phi) is 3.34. The average molecular weight is 289 g/mol. The van der Waals surface area contributed by atoms with E-state index in [0.717, 1.165) is 0 Å². The number of hydrogen-bond acceptors (Lipinski definition) is 4. The van der Waals surface area contributed by atoms with Crippen molar-refractivity contribution in [3.8, 4) is 0 Å². The fourth-order valence-corrected chi connectivity index (χ4v) is 2.60. The predicted molar refractivity (Wildman–Crippen MR) is 73.0 cm³/mol. The summed E-state index contributed by atoms with van der Waals surface area (Å²) in [4.78, 5) is 25.2. The number of hydrogen-bond donors (Lipinski definition) is 1. The summed E-state index contributed by atoms with van der Waals surface area (Å²) in [6, 6.07) is 4.98. The summed E-state index contributed by atoms with van der Waals surface area (Å²) in [6.45, 7) is 0.366. The van der Waals surface area contributed by atoms with E-state index in [9.17, 15) is 14.7 Å². The van der Waals surface area contributed by atoms with Crippen molar-refractivity contribution in [1.82, 2.24) is 14.5 Å². The Morgan fingerprint density at radius 2 is 2.24 bits per heavy atom. The number of aliphatic carboxylic acids is 1. The molecule has 0 aromatic carbocycles. The van der Waals surface area contributed by atoms with Crippen LogP contribution in [0.2, 0.25) is 0 Å². The maximum atomic E-state index is 12.6. The van der Waals surface area contributed by atoms with Gasteiger partial charge in [0.15, 0.2) is 0 Å². The van der Waals surface area contributed by atoms with Crippen LogP contribution in [0.25, 0.3) is 5.52 Å². The van der Waals surface area contributed by atoms with Crippen molar-refractivity contribution >= 4 is 17.4 Å². The minimum absolute atomic E-state index is 0.131. The average Bonchev–Trinajstić information content (AvgIpc) is 3.12. The summed E-state index contributed by atoms with van der Waals surface area (Å²) < 4.78 is 6.82. The second kappa shape index (κ2) is 5.17. The summed E-state index contributed by atoms with van der Waals surface area (Å²) in [7, 11) is 1.60. The molecule has 3 heterocycles. The van der Waals surface area contributed by atoms with Crippen LogP contribution in [0.1, 0.15) is 10.4 Å². The van der Waals surface area contributed by atoms with Crippen LogP contribution in [-0.2, 0) is 9.53 Å². The number of carboxylic acid groups (broad SMARTS) is 1. The van der Waals surface area contributed by atoms with Gasteiger partial charge in [0.05, 0.1) is 36.5 Å². The quantitative estimate of drug-likeness (QED) is 0.889. The molecule has 0 saturated carbocycles. The minimum Gasteiger partial charge on any atom is -0.481 e. The Morgan fingerprint density at radius 1 is 1.43 bits per heavy atom. The monoisotopic (exact) mass is 289 g/mol. The van der Waals surface area contributed by atoms with Gasteiger partial charge < -0.3 is 14.7 Å². The topological polar surface area (TPSA) is 84.1 Å². The van der Waals surface area contributed by atoms with E-state index >= 15 is 0 Å². The standard InChI is InChI=1S/C14H15N3O4/c1-16(12-8-21-7-10(12)14(19)20)13(18)9-6-15-17-5-3-2-4-11(9)17/h2-6,10,12H,7-8H2,1H3,(H,19,20). The van der Waals surface area contributed by atoms with Crippen LogP contribution >= 0.6 is 0 Å². The van der Waals surface area contributed by atoms with Gasteiger partial charge in [-0.25, -0.2) is 4.52 Å². The molecule has 1 saturated heterocycles. The number of aromatic nitrogens is 2. The molecular weight excluding hydrogens is 274 g/mol. The molecule has 2 aromatic rings. The molecule has 1 aliphatic rings. The number of fused-ring (bicyclic) bond motifs is 1. The highest BCUT2D eigenvalue weighted by atomic mass is 16.5. The third-order valence-corrected chi connectivity index (χ3v) is 3.84. The maximum absolute atomic E-state index is 12.6. The molecular formula is C14H15N3O4. The molecule has 7 nitrogen and oxygen atoms in total. The van der Waals surface area contributed by atoms with Crippen molar-refractivity contribution in [1.29, 1.82) is 0 Å². The number of carbonyl (C=O) groups excluding carboxylic acids is 1. The first-order valence-corrected chi connectivity index (χ1v) is 6.59. The van der Waals surface area contributed by atoms with Gasteiger partial charge in [-0.2, -0.15) is 5.10 Å².